The third-order valence-electron chi connectivity index (χ3n) is 0.507. The quantitative estimate of drug-likeness (QED) is 0.471. The van der Waals surface area contributed by atoms with Crippen molar-refractivity contribution in [1.29, 1.82) is 0 Å². The second-order valence-corrected chi connectivity index (χ2v) is 2.58. The maximum Gasteiger partial charge on any atom is 0.247 e. The van der Waals surface area contributed by atoms with Gasteiger partial charge in [0.05, 0.1) is 25.3 Å². The fourth-order valence-electron chi connectivity index (χ4n) is 0.249. The van der Waals surface area contributed by atoms with E-state index in [2.05, 4.69) is 0 Å². The van der Waals surface area contributed by atoms with E-state index < -0.39 is 0 Å². The first-order valence-electron chi connectivity index (χ1n) is 2.77. The molecule has 0 amide bonds. The van der Waals surface area contributed by atoms with Gasteiger partial charge in [-0.3, -0.25) is 0 Å². The summed E-state index contributed by atoms with van der Waals surface area (Å²) in [6.07, 6.45) is 0. The lowest BCUT2D eigenvalue weighted by Gasteiger charge is -2.00. The number of hydrogen-bond donors (Lipinski definition) is 0. The van der Waals surface area contributed by atoms with Crippen LogP contribution in [0, 0.1) is 0 Å². The van der Waals surface area contributed by atoms with E-state index in [9.17, 15) is 0 Å². The minimum Gasteiger partial charge on any atom is -0.477 e. The van der Waals surface area contributed by atoms with Crippen LogP contribution in [-0.4, -0.2) is 17.6 Å². The van der Waals surface area contributed by atoms with Crippen LogP contribution in [0.1, 0.15) is 13.8 Å². The summed E-state index contributed by atoms with van der Waals surface area (Å²) in [6.45, 7) is 5.05. The molecule has 0 bridgehead atoms. The molecule has 0 saturated heterocycles. The predicted octanol–water partition coefficient (Wildman–Crippen LogP) is 1.99. The van der Waals surface area contributed by atoms with Gasteiger partial charge in [0.1, 0.15) is 0 Å². The molecule has 0 aromatic heterocycles. The molecule has 0 unspecified atom stereocenters. The SMILES string of the molecule is CCOSC(=S)OCC. The Bertz CT molecular complexity index is 85.0. The first-order valence-corrected chi connectivity index (χ1v) is 3.92. The van der Waals surface area contributed by atoms with Gasteiger partial charge in [0.15, 0.2) is 0 Å². The number of rotatable bonds is 3. The smallest absolute Gasteiger partial charge is 0.247 e. The third kappa shape index (κ3) is 6.08. The lowest BCUT2D eigenvalue weighted by Crippen LogP contribution is -1.96. The van der Waals surface area contributed by atoms with Gasteiger partial charge in [-0.25, -0.2) is 0 Å². The first kappa shape index (κ1) is 9.20. The largest absolute Gasteiger partial charge is 0.477 e. The second kappa shape index (κ2) is 6.32. The molecule has 0 aliphatic carbocycles. The van der Waals surface area contributed by atoms with Crippen LogP contribution in [0.3, 0.4) is 0 Å². The van der Waals surface area contributed by atoms with Crippen LogP contribution in [0.15, 0.2) is 0 Å². The highest BCUT2D eigenvalue weighted by atomic mass is 32.2. The first-order chi connectivity index (χ1) is 4.31. The molecule has 2 nitrogen and oxygen atoms in total. The summed E-state index contributed by atoms with van der Waals surface area (Å²) in [6, 6.07) is 0. The van der Waals surface area contributed by atoms with Gasteiger partial charge < -0.3 is 8.92 Å². The summed E-state index contributed by atoms with van der Waals surface area (Å²) in [5, 5.41) is 0. The fourth-order valence-corrected chi connectivity index (χ4v) is 0.891. The Hall–Kier alpha value is 0.200. The summed E-state index contributed by atoms with van der Waals surface area (Å²) in [4.78, 5) is 0. The second-order valence-electron chi connectivity index (χ2n) is 1.17. The van der Waals surface area contributed by atoms with Crippen molar-refractivity contribution >= 4 is 28.6 Å². The lowest BCUT2D eigenvalue weighted by molar-refractivity contribution is 0.339. The van der Waals surface area contributed by atoms with E-state index in [4.69, 9.17) is 21.1 Å². The Balaban J connectivity index is 3.06. The minimum atomic E-state index is 0.458. The highest BCUT2D eigenvalue weighted by Gasteiger charge is 1.94. The molecule has 0 heterocycles. The molecule has 0 aliphatic heterocycles. The zero-order valence-corrected chi connectivity index (χ0v) is 7.18. The lowest BCUT2D eigenvalue weighted by atomic mass is 10.9. The third-order valence-corrected chi connectivity index (χ3v) is 1.44. The van der Waals surface area contributed by atoms with Gasteiger partial charge in [-0.2, -0.15) is 0 Å². The number of thiocarbonyl (C=S) groups is 1. The van der Waals surface area contributed by atoms with Crippen LogP contribution in [0.4, 0.5) is 0 Å². The molecule has 0 fully saturated rings. The Labute approximate surface area is 65.1 Å². The van der Waals surface area contributed by atoms with Crippen molar-refractivity contribution in [2.75, 3.05) is 13.2 Å². The van der Waals surface area contributed by atoms with Gasteiger partial charge in [0.2, 0.25) is 4.38 Å². The molecule has 0 aromatic rings. The van der Waals surface area contributed by atoms with Crippen molar-refractivity contribution in [2.24, 2.45) is 0 Å². The molecule has 0 spiro atoms. The van der Waals surface area contributed by atoms with Crippen molar-refractivity contribution in [3.8, 4) is 0 Å². The van der Waals surface area contributed by atoms with Gasteiger partial charge in [-0.05, 0) is 26.1 Å². The molecule has 0 aromatic carbocycles. The molecule has 54 valence electrons. The van der Waals surface area contributed by atoms with Gasteiger partial charge in [-0.1, -0.05) is 0 Å². The summed E-state index contributed by atoms with van der Waals surface area (Å²) in [5.41, 5.74) is 0. The van der Waals surface area contributed by atoms with Crippen molar-refractivity contribution in [3.05, 3.63) is 0 Å². The Morgan fingerprint density at radius 1 is 1.44 bits per heavy atom. The molecular formula is C5H10O2S2. The van der Waals surface area contributed by atoms with Crippen LogP contribution >= 0.6 is 24.3 Å². The summed E-state index contributed by atoms with van der Waals surface area (Å²) in [5.74, 6) is 0. The van der Waals surface area contributed by atoms with Gasteiger partial charge in [-0.15, -0.1) is 0 Å². The molecule has 9 heavy (non-hydrogen) atoms. The number of hydrogen-bond acceptors (Lipinski definition) is 4. The van der Waals surface area contributed by atoms with Crippen molar-refractivity contribution in [3.63, 3.8) is 0 Å². The molecule has 0 atom stereocenters. The standard InChI is InChI=1S/C5H10O2S2/c1-3-6-5(8)9-7-4-2/h3-4H2,1-2H3. The van der Waals surface area contributed by atoms with Crippen LogP contribution in [0.5, 0.6) is 0 Å². The van der Waals surface area contributed by atoms with Gasteiger partial charge in [0.25, 0.3) is 0 Å². The normalized spacial score (nSPS) is 9.11. The van der Waals surface area contributed by atoms with E-state index in [1.54, 1.807) is 0 Å². The van der Waals surface area contributed by atoms with E-state index in [0.717, 1.165) is 12.0 Å². The van der Waals surface area contributed by atoms with Crippen molar-refractivity contribution < 1.29 is 8.92 Å². The van der Waals surface area contributed by atoms with E-state index in [1.807, 2.05) is 13.8 Å². The highest BCUT2D eigenvalue weighted by Crippen LogP contribution is 2.06. The van der Waals surface area contributed by atoms with Crippen molar-refractivity contribution in [1.82, 2.24) is 0 Å². The molecule has 0 N–H and O–H groups in total. The van der Waals surface area contributed by atoms with E-state index in [1.165, 1.54) is 0 Å². The Kier molecular flexibility index (Phi) is 6.46. The summed E-state index contributed by atoms with van der Waals surface area (Å²) < 4.78 is 10.3. The monoisotopic (exact) mass is 166 g/mol. The summed E-state index contributed by atoms with van der Waals surface area (Å²) >= 11 is 5.84. The average molecular weight is 166 g/mol. The van der Waals surface area contributed by atoms with Crippen LogP contribution in [0.2, 0.25) is 0 Å². The molecule has 0 saturated carbocycles. The van der Waals surface area contributed by atoms with Crippen LogP contribution in [0.25, 0.3) is 0 Å². The molecular weight excluding hydrogens is 156 g/mol. The van der Waals surface area contributed by atoms with Gasteiger partial charge >= 0.3 is 0 Å². The Morgan fingerprint density at radius 3 is 2.56 bits per heavy atom. The van der Waals surface area contributed by atoms with Gasteiger partial charge in [0, 0.05) is 0 Å². The van der Waals surface area contributed by atoms with Crippen LogP contribution in [-0.2, 0) is 8.92 Å². The molecule has 0 aliphatic rings. The fraction of sp³-hybridized carbons (Fsp3) is 0.800. The molecule has 4 heteroatoms. The molecule has 0 radical (unpaired) electrons. The highest BCUT2D eigenvalue weighted by molar-refractivity contribution is 8.19. The van der Waals surface area contributed by atoms with Crippen LogP contribution < -0.4 is 0 Å². The van der Waals surface area contributed by atoms with E-state index in [-0.39, 0.29) is 0 Å². The zero-order chi connectivity index (χ0) is 7.11. The number of ether oxygens (including phenoxy) is 1. The Morgan fingerprint density at radius 2 is 2.11 bits per heavy atom. The zero-order valence-electron chi connectivity index (χ0n) is 5.55. The van der Waals surface area contributed by atoms with E-state index in [0.29, 0.717) is 17.6 Å². The maximum absolute atomic E-state index is 4.91. The van der Waals surface area contributed by atoms with E-state index >= 15 is 0 Å². The predicted molar refractivity (Wildman–Crippen MR) is 43.4 cm³/mol. The summed E-state index contributed by atoms with van der Waals surface area (Å²) in [7, 11) is 0. The topological polar surface area (TPSA) is 18.5 Å². The maximum atomic E-state index is 4.91. The van der Waals surface area contributed by atoms with Crippen molar-refractivity contribution in [2.45, 2.75) is 13.8 Å². The average Bonchev–Trinajstić information content (AvgIpc) is 1.85. The molecule has 0 rings (SSSR count). The minimum absolute atomic E-state index is 0.458.